The van der Waals surface area contributed by atoms with E-state index < -0.39 is 0 Å². The Bertz CT molecular complexity index is 600. The van der Waals surface area contributed by atoms with Gasteiger partial charge in [0.2, 0.25) is 0 Å². The lowest BCUT2D eigenvalue weighted by Crippen LogP contribution is -2.54. The first-order valence-corrected chi connectivity index (χ1v) is 7.88. The Morgan fingerprint density at radius 1 is 1.27 bits per heavy atom. The van der Waals surface area contributed by atoms with Gasteiger partial charge in [-0.05, 0) is 32.1 Å². The number of piperazine rings is 1. The fourth-order valence-electron chi connectivity index (χ4n) is 3.33. The average molecular weight is 301 g/mol. The van der Waals surface area contributed by atoms with Gasteiger partial charge in [-0.15, -0.1) is 0 Å². The Morgan fingerprint density at radius 2 is 2.09 bits per heavy atom. The molecule has 1 aliphatic carbocycles. The largest absolute Gasteiger partial charge is 0.350 e. The fourth-order valence-corrected chi connectivity index (χ4v) is 3.33. The van der Waals surface area contributed by atoms with Gasteiger partial charge in [0.05, 0.1) is 0 Å². The minimum absolute atomic E-state index is 0.0619. The van der Waals surface area contributed by atoms with Crippen molar-refractivity contribution in [1.82, 2.24) is 15.1 Å². The number of carbonyl (C=O) groups excluding carboxylic acids is 2. The van der Waals surface area contributed by atoms with E-state index in [1.807, 2.05) is 12.1 Å². The zero-order chi connectivity index (χ0) is 15.7. The van der Waals surface area contributed by atoms with Gasteiger partial charge in [-0.3, -0.25) is 14.5 Å². The molecule has 1 aromatic carbocycles. The Labute approximate surface area is 131 Å². The number of Topliss-reactive ketones (excluding diaryl/α,β-unsaturated/α-hetero) is 1. The highest BCUT2D eigenvalue weighted by Gasteiger charge is 2.26. The maximum Gasteiger partial charge on any atom is 0.251 e. The SMILES string of the molecule is CN1CCN(C)[C@H](CNC(=O)c2cccc3c2CCC3=O)C1. The molecule has 1 aromatic rings. The van der Waals surface area contributed by atoms with Crippen LogP contribution >= 0.6 is 0 Å². The summed E-state index contributed by atoms with van der Waals surface area (Å²) in [6.45, 7) is 3.68. The first kappa shape index (κ1) is 15.2. The van der Waals surface area contributed by atoms with Gasteiger partial charge in [-0.1, -0.05) is 12.1 Å². The molecule has 2 aliphatic rings. The van der Waals surface area contributed by atoms with E-state index in [9.17, 15) is 9.59 Å². The van der Waals surface area contributed by atoms with E-state index in [4.69, 9.17) is 0 Å². The van der Waals surface area contributed by atoms with Crippen molar-refractivity contribution in [3.63, 3.8) is 0 Å². The number of fused-ring (bicyclic) bond motifs is 1. The van der Waals surface area contributed by atoms with Crippen molar-refractivity contribution < 1.29 is 9.59 Å². The van der Waals surface area contributed by atoms with Gasteiger partial charge in [0.15, 0.2) is 5.78 Å². The lowest BCUT2D eigenvalue weighted by atomic mass is 10.0. The van der Waals surface area contributed by atoms with Gasteiger partial charge >= 0.3 is 0 Å². The summed E-state index contributed by atoms with van der Waals surface area (Å²) >= 11 is 0. The van der Waals surface area contributed by atoms with Gasteiger partial charge < -0.3 is 10.2 Å². The molecule has 1 atom stereocenters. The van der Waals surface area contributed by atoms with Crippen molar-refractivity contribution >= 4 is 11.7 Å². The van der Waals surface area contributed by atoms with Gasteiger partial charge in [0.25, 0.3) is 5.91 Å². The van der Waals surface area contributed by atoms with Crippen molar-refractivity contribution in [1.29, 1.82) is 0 Å². The van der Waals surface area contributed by atoms with Crippen LogP contribution in [0.4, 0.5) is 0 Å². The predicted molar refractivity (Wildman–Crippen MR) is 85.3 cm³/mol. The third-order valence-corrected chi connectivity index (χ3v) is 4.80. The molecule has 0 saturated carbocycles. The monoisotopic (exact) mass is 301 g/mol. The molecule has 1 heterocycles. The van der Waals surface area contributed by atoms with Crippen molar-refractivity contribution in [2.45, 2.75) is 18.9 Å². The summed E-state index contributed by atoms with van der Waals surface area (Å²) in [6.07, 6.45) is 1.21. The molecule has 0 spiro atoms. The minimum atomic E-state index is -0.0619. The minimum Gasteiger partial charge on any atom is -0.350 e. The number of carbonyl (C=O) groups is 2. The molecule has 1 fully saturated rings. The van der Waals surface area contributed by atoms with Crippen LogP contribution in [0.5, 0.6) is 0 Å². The van der Waals surface area contributed by atoms with Gasteiger partial charge in [-0.25, -0.2) is 0 Å². The second-order valence-corrected chi connectivity index (χ2v) is 6.36. The van der Waals surface area contributed by atoms with Crippen molar-refractivity contribution in [2.75, 3.05) is 40.3 Å². The van der Waals surface area contributed by atoms with E-state index >= 15 is 0 Å². The molecule has 118 valence electrons. The molecule has 1 amide bonds. The zero-order valence-corrected chi connectivity index (χ0v) is 13.3. The summed E-state index contributed by atoms with van der Waals surface area (Å²) in [5.74, 6) is 0.0893. The summed E-state index contributed by atoms with van der Waals surface area (Å²) in [6, 6.07) is 5.79. The quantitative estimate of drug-likeness (QED) is 0.897. The van der Waals surface area contributed by atoms with Crippen LogP contribution < -0.4 is 5.32 Å². The van der Waals surface area contributed by atoms with Gasteiger partial charge in [0, 0.05) is 49.8 Å². The molecule has 5 heteroatoms. The Balaban J connectivity index is 1.67. The predicted octanol–water partition coefficient (Wildman–Crippen LogP) is 0.791. The van der Waals surface area contributed by atoms with Crippen LogP contribution in [0, 0.1) is 0 Å². The molecular formula is C17H23N3O2. The number of hydrogen-bond acceptors (Lipinski definition) is 4. The summed E-state index contributed by atoms with van der Waals surface area (Å²) in [5, 5.41) is 3.05. The van der Waals surface area contributed by atoms with E-state index in [1.54, 1.807) is 6.07 Å². The number of nitrogens with zero attached hydrogens (tertiary/aromatic N) is 2. The molecule has 5 nitrogen and oxygen atoms in total. The topological polar surface area (TPSA) is 52.6 Å². The van der Waals surface area contributed by atoms with E-state index in [-0.39, 0.29) is 11.7 Å². The molecule has 1 saturated heterocycles. The first-order chi connectivity index (χ1) is 10.6. The highest BCUT2D eigenvalue weighted by molar-refractivity contribution is 6.05. The third kappa shape index (κ3) is 2.91. The van der Waals surface area contributed by atoms with Crippen LogP contribution in [-0.2, 0) is 6.42 Å². The Morgan fingerprint density at radius 3 is 2.91 bits per heavy atom. The molecular weight excluding hydrogens is 278 g/mol. The number of rotatable bonds is 3. The van der Waals surface area contributed by atoms with Crippen molar-refractivity contribution in [3.05, 3.63) is 34.9 Å². The summed E-state index contributed by atoms with van der Waals surface area (Å²) < 4.78 is 0. The highest BCUT2D eigenvalue weighted by Crippen LogP contribution is 2.25. The second kappa shape index (κ2) is 6.18. The summed E-state index contributed by atoms with van der Waals surface area (Å²) in [4.78, 5) is 28.8. The number of amides is 1. The standard InChI is InChI=1S/C17H23N3O2/c1-19-8-9-20(2)12(11-19)10-18-17(22)15-5-3-4-14-13(15)6-7-16(14)21/h3-5,12H,6-11H2,1-2H3,(H,18,22)/t12-/m1/s1. The number of hydrogen-bond donors (Lipinski definition) is 1. The zero-order valence-electron chi connectivity index (χ0n) is 13.3. The molecule has 0 unspecified atom stereocenters. The lowest BCUT2D eigenvalue weighted by molar-refractivity contribution is 0.0880. The van der Waals surface area contributed by atoms with E-state index in [0.717, 1.165) is 30.8 Å². The maximum atomic E-state index is 12.5. The van der Waals surface area contributed by atoms with Gasteiger partial charge in [-0.2, -0.15) is 0 Å². The van der Waals surface area contributed by atoms with E-state index in [2.05, 4.69) is 29.2 Å². The molecule has 0 radical (unpaired) electrons. The van der Waals surface area contributed by atoms with Gasteiger partial charge in [0.1, 0.15) is 0 Å². The number of likely N-dealkylation sites (N-methyl/N-ethyl adjacent to an activating group) is 2. The number of benzene rings is 1. The molecule has 0 bridgehead atoms. The first-order valence-electron chi connectivity index (χ1n) is 7.88. The molecule has 0 aromatic heterocycles. The van der Waals surface area contributed by atoms with Crippen LogP contribution in [0.2, 0.25) is 0 Å². The van der Waals surface area contributed by atoms with Crippen LogP contribution in [0.25, 0.3) is 0 Å². The van der Waals surface area contributed by atoms with E-state index in [1.165, 1.54) is 0 Å². The maximum absolute atomic E-state index is 12.5. The lowest BCUT2D eigenvalue weighted by Gasteiger charge is -2.37. The Hall–Kier alpha value is -1.72. The van der Waals surface area contributed by atoms with Crippen LogP contribution in [0.3, 0.4) is 0 Å². The van der Waals surface area contributed by atoms with Crippen LogP contribution in [-0.4, -0.2) is 67.8 Å². The molecule has 3 rings (SSSR count). The highest BCUT2D eigenvalue weighted by atomic mass is 16.1. The van der Waals surface area contributed by atoms with E-state index in [0.29, 0.717) is 31.0 Å². The second-order valence-electron chi connectivity index (χ2n) is 6.36. The normalized spacial score (nSPS) is 22.6. The molecule has 22 heavy (non-hydrogen) atoms. The van der Waals surface area contributed by atoms with Crippen LogP contribution in [0.15, 0.2) is 18.2 Å². The third-order valence-electron chi connectivity index (χ3n) is 4.80. The Kier molecular flexibility index (Phi) is 4.27. The summed E-state index contributed by atoms with van der Waals surface area (Å²) in [5.41, 5.74) is 2.30. The smallest absolute Gasteiger partial charge is 0.251 e. The van der Waals surface area contributed by atoms with Crippen LogP contribution in [0.1, 0.15) is 32.7 Å². The molecule has 1 N–H and O–H groups in total. The number of ketones is 1. The fraction of sp³-hybridized carbons (Fsp3) is 0.529. The van der Waals surface area contributed by atoms with Crippen molar-refractivity contribution in [3.8, 4) is 0 Å². The average Bonchev–Trinajstić information content (AvgIpc) is 2.89. The number of nitrogens with one attached hydrogen (secondary N) is 1. The summed E-state index contributed by atoms with van der Waals surface area (Å²) in [7, 11) is 4.21. The van der Waals surface area contributed by atoms with Crippen molar-refractivity contribution in [2.24, 2.45) is 0 Å². The molecule has 1 aliphatic heterocycles.